The molecule has 0 aromatic heterocycles. The fraction of sp³-hybridized carbons (Fsp3) is 0.400. The van der Waals surface area contributed by atoms with Gasteiger partial charge in [-0.15, -0.1) is 0 Å². The summed E-state index contributed by atoms with van der Waals surface area (Å²) in [4.78, 5) is 36.6. The van der Waals surface area contributed by atoms with Crippen molar-refractivity contribution in [3.05, 3.63) is 59.7 Å². The Balaban J connectivity index is 1.64. The predicted molar refractivity (Wildman–Crippen MR) is 121 cm³/mol. The number of carboxylic acid groups (broad SMARTS) is 1. The van der Waals surface area contributed by atoms with E-state index in [-0.39, 0.29) is 12.5 Å². The Labute approximate surface area is 188 Å². The molecule has 32 heavy (non-hydrogen) atoms. The maximum Gasteiger partial charge on any atom is 0.407 e. The number of hydrogen-bond acceptors (Lipinski definition) is 4. The smallest absolute Gasteiger partial charge is 0.407 e. The number of rotatable bonds is 7. The van der Waals surface area contributed by atoms with Gasteiger partial charge in [0.25, 0.3) is 0 Å². The second-order valence-electron chi connectivity index (χ2n) is 9.08. The first-order valence-corrected chi connectivity index (χ1v) is 10.8. The molecule has 1 aliphatic rings. The van der Waals surface area contributed by atoms with Crippen molar-refractivity contribution in [2.75, 3.05) is 6.61 Å². The van der Waals surface area contributed by atoms with Crippen molar-refractivity contribution in [2.45, 2.75) is 52.1 Å². The van der Waals surface area contributed by atoms with Gasteiger partial charge in [-0.25, -0.2) is 9.59 Å². The van der Waals surface area contributed by atoms with Gasteiger partial charge < -0.3 is 20.5 Å². The van der Waals surface area contributed by atoms with E-state index in [9.17, 15) is 19.5 Å². The van der Waals surface area contributed by atoms with Crippen molar-refractivity contribution in [3.8, 4) is 11.1 Å². The van der Waals surface area contributed by atoms with Gasteiger partial charge in [0.1, 0.15) is 18.7 Å². The van der Waals surface area contributed by atoms with Gasteiger partial charge in [0.05, 0.1) is 0 Å². The maximum absolute atomic E-state index is 12.6. The number of benzene rings is 2. The first-order chi connectivity index (χ1) is 15.1. The third-order valence-electron chi connectivity index (χ3n) is 5.76. The number of aliphatic carboxylic acids is 1. The molecule has 2 amide bonds. The summed E-state index contributed by atoms with van der Waals surface area (Å²) in [5.74, 6) is -1.76. The quantitative estimate of drug-likeness (QED) is 0.608. The second-order valence-corrected chi connectivity index (χ2v) is 9.08. The van der Waals surface area contributed by atoms with Crippen molar-refractivity contribution in [2.24, 2.45) is 5.41 Å². The molecule has 0 saturated heterocycles. The molecule has 7 nitrogen and oxygen atoms in total. The molecule has 3 N–H and O–H groups in total. The van der Waals surface area contributed by atoms with Crippen LogP contribution in [0.4, 0.5) is 4.79 Å². The normalized spacial score (nSPS) is 14.6. The summed E-state index contributed by atoms with van der Waals surface area (Å²) in [7, 11) is 0. The van der Waals surface area contributed by atoms with Crippen LogP contribution in [0.2, 0.25) is 0 Å². The molecule has 0 spiro atoms. The molecule has 0 radical (unpaired) electrons. The number of carbonyl (C=O) groups excluding carboxylic acids is 2. The molecule has 2 atom stereocenters. The largest absolute Gasteiger partial charge is 0.480 e. The number of hydrogen-bond donors (Lipinski definition) is 3. The second kappa shape index (κ2) is 9.42. The van der Waals surface area contributed by atoms with Gasteiger partial charge in [-0.3, -0.25) is 4.79 Å². The summed E-state index contributed by atoms with van der Waals surface area (Å²) in [6.07, 6.45) is -0.413. The van der Waals surface area contributed by atoms with E-state index in [2.05, 4.69) is 22.8 Å². The number of nitrogens with one attached hydrogen (secondary N) is 2. The van der Waals surface area contributed by atoms with Gasteiger partial charge in [0.2, 0.25) is 5.91 Å². The summed E-state index contributed by atoms with van der Waals surface area (Å²) < 4.78 is 5.50. The molecule has 3 rings (SSSR count). The summed E-state index contributed by atoms with van der Waals surface area (Å²) >= 11 is 0. The zero-order valence-corrected chi connectivity index (χ0v) is 18.8. The fourth-order valence-electron chi connectivity index (χ4n) is 4.03. The molecular formula is C25H30N2O5. The van der Waals surface area contributed by atoms with Crippen LogP contribution < -0.4 is 10.6 Å². The van der Waals surface area contributed by atoms with Crippen LogP contribution in [0.25, 0.3) is 11.1 Å². The van der Waals surface area contributed by atoms with E-state index in [4.69, 9.17) is 4.74 Å². The lowest BCUT2D eigenvalue weighted by molar-refractivity contribution is -0.145. The number of amides is 2. The standard InChI is InChI=1S/C25H30N2O5/c1-5-20(22(28)27-21(23(29)30)25(2,3)4)26-24(31)32-14-19-17-12-8-6-10-15(17)16-11-7-9-13-18(16)19/h6-13,19-21H,5,14H2,1-4H3,(H,26,31)(H,27,28)(H,29,30)/t20-,21?/m1/s1. The Morgan fingerprint density at radius 2 is 1.50 bits per heavy atom. The molecule has 2 aromatic rings. The average molecular weight is 439 g/mol. The molecule has 1 unspecified atom stereocenters. The number of carboxylic acids is 1. The Morgan fingerprint density at radius 3 is 1.97 bits per heavy atom. The number of fused-ring (bicyclic) bond motifs is 3. The summed E-state index contributed by atoms with van der Waals surface area (Å²) in [6.45, 7) is 7.06. The lowest BCUT2D eigenvalue weighted by atomic mass is 9.86. The van der Waals surface area contributed by atoms with Gasteiger partial charge in [-0.05, 0) is 34.1 Å². The van der Waals surface area contributed by atoms with Crippen LogP contribution in [0.5, 0.6) is 0 Å². The Bertz CT molecular complexity index is 966. The molecule has 0 bridgehead atoms. The van der Waals surface area contributed by atoms with E-state index < -0.39 is 35.5 Å². The van der Waals surface area contributed by atoms with Crippen LogP contribution in [0, 0.1) is 5.41 Å². The van der Waals surface area contributed by atoms with E-state index in [1.54, 1.807) is 27.7 Å². The highest BCUT2D eigenvalue weighted by Crippen LogP contribution is 2.44. The van der Waals surface area contributed by atoms with Crippen LogP contribution in [0.15, 0.2) is 48.5 Å². The lowest BCUT2D eigenvalue weighted by Gasteiger charge is -2.29. The van der Waals surface area contributed by atoms with Crippen molar-refractivity contribution in [3.63, 3.8) is 0 Å². The van der Waals surface area contributed by atoms with Gasteiger partial charge in [-0.2, -0.15) is 0 Å². The van der Waals surface area contributed by atoms with Crippen LogP contribution in [0.3, 0.4) is 0 Å². The van der Waals surface area contributed by atoms with E-state index in [0.29, 0.717) is 6.42 Å². The Hall–Kier alpha value is -3.35. The minimum atomic E-state index is -1.12. The molecule has 0 aliphatic heterocycles. The highest BCUT2D eigenvalue weighted by atomic mass is 16.5. The minimum absolute atomic E-state index is 0.0839. The first kappa shape index (κ1) is 23.3. The highest BCUT2D eigenvalue weighted by molar-refractivity contribution is 5.89. The van der Waals surface area contributed by atoms with Crippen molar-refractivity contribution >= 4 is 18.0 Å². The lowest BCUT2D eigenvalue weighted by Crippen LogP contribution is -2.55. The predicted octanol–water partition coefficient (Wildman–Crippen LogP) is 3.92. The number of carbonyl (C=O) groups is 3. The average Bonchev–Trinajstić information content (AvgIpc) is 3.07. The third-order valence-corrected chi connectivity index (χ3v) is 5.76. The molecular weight excluding hydrogens is 408 g/mol. The third kappa shape index (κ3) is 4.93. The van der Waals surface area contributed by atoms with E-state index in [0.717, 1.165) is 22.3 Å². The summed E-state index contributed by atoms with van der Waals surface area (Å²) in [6, 6.07) is 14.1. The molecule has 0 heterocycles. The monoisotopic (exact) mass is 438 g/mol. The summed E-state index contributed by atoms with van der Waals surface area (Å²) in [5.41, 5.74) is 3.78. The van der Waals surface area contributed by atoms with Gasteiger partial charge >= 0.3 is 12.1 Å². The highest BCUT2D eigenvalue weighted by Gasteiger charge is 2.35. The van der Waals surface area contributed by atoms with Gasteiger partial charge in [0, 0.05) is 5.92 Å². The van der Waals surface area contributed by atoms with E-state index in [1.807, 2.05) is 36.4 Å². The van der Waals surface area contributed by atoms with Crippen molar-refractivity contribution < 1.29 is 24.2 Å². The number of alkyl carbamates (subject to hydrolysis) is 1. The zero-order chi connectivity index (χ0) is 23.5. The molecule has 1 aliphatic carbocycles. The van der Waals surface area contributed by atoms with Gasteiger partial charge in [0.15, 0.2) is 0 Å². The van der Waals surface area contributed by atoms with E-state index in [1.165, 1.54) is 0 Å². The van der Waals surface area contributed by atoms with Crippen LogP contribution in [-0.2, 0) is 14.3 Å². The SMILES string of the molecule is CC[C@@H](NC(=O)OCC1c2ccccc2-c2ccccc21)C(=O)NC(C(=O)O)C(C)(C)C. The zero-order valence-electron chi connectivity index (χ0n) is 18.8. The molecule has 0 fully saturated rings. The van der Waals surface area contributed by atoms with Crippen LogP contribution in [0.1, 0.15) is 51.2 Å². The van der Waals surface area contributed by atoms with Crippen molar-refractivity contribution in [1.82, 2.24) is 10.6 Å². The maximum atomic E-state index is 12.6. The molecule has 2 aromatic carbocycles. The molecule has 0 saturated carbocycles. The molecule has 170 valence electrons. The fourth-order valence-corrected chi connectivity index (χ4v) is 4.03. The first-order valence-electron chi connectivity index (χ1n) is 10.8. The minimum Gasteiger partial charge on any atom is -0.480 e. The summed E-state index contributed by atoms with van der Waals surface area (Å²) in [5, 5.41) is 14.5. The number of ether oxygens (including phenoxy) is 1. The molecule has 7 heteroatoms. The van der Waals surface area contributed by atoms with E-state index >= 15 is 0 Å². The Kier molecular flexibility index (Phi) is 6.87. The topological polar surface area (TPSA) is 105 Å². The van der Waals surface area contributed by atoms with Gasteiger partial charge in [-0.1, -0.05) is 76.2 Å². The Morgan fingerprint density at radius 1 is 0.969 bits per heavy atom. The van der Waals surface area contributed by atoms with Crippen LogP contribution in [-0.4, -0.2) is 41.8 Å². The van der Waals surface area contributed by atoms with Crippen LogP contribution >= 0.6 is 0 Å². The van der Waals surface area contributed by atoms with Crippen molar-refractivity contribution in [1.29, 1.82) is 0 Å².